The molecule has 0 fully saturated rings. The lowest BCUT2D eigenvalue weighted by molar-refractivity contribution is -0.116. The Morgan fingerprint density at radius 1 is 1.16 bits per heavy atom. The molecule has 0 aliphatic rings. The molecule has 1 heterocycles. The van der Waals surface area contributed by atoms with Crippen LogP contribution in [0.2, 0.25) is 0 Å². The Kier molecular flexibility index (Phi) is 6.59. The minimum Gasteiger partial charge on any atom is -0.508 e. The van der Waals surface area contributed by atoms with E-state index < -0.39 is 5.97 Å². The van der Waals surface area contributed by atoms with Gasteiger partial charge in [-0.25, -0.2) is 9.64 Å². The molecule has 0 bridgehead atoms. The number of anilines is 1. The van der Waals surface area contributed by atoms with Gasteiger partial charge in [-0.2, -0.15) is 0 Å². The standard InChI is InChI=1S/C23H23N3O4S/c1-14(27)26(12-15-8-6-7-9-18(15)24-2)22-20(23(29)30-5)16-10-11-19(28)17(13-25(3)4)21(16)31-22/h6-11,28H,12-13H2,1,3-5H3. The van der Waals surface area contributed by atoms with Gasteiger partial charge >= 0.3 is 5.97 Å². The predicted octanol–water partition coefficient (Wildman–Crippen LogP) is 4.56. The molecule has 3 rings (SSSR count). The molecule has 1 amide bonds. The molecule has 0 spiro atoms. The SMILES string of the molecule is [C-]#[N+]c1ccccc1CN(C(C)=O)c1sc2c(CN(C)C)c(O)ccc2c1C(=O)OC. The molecular weight excluding hydrogens is 414 g/mol. The van der Waals surface area contributed by atoms with Crippen LogP contribution >= 0.6 is 11.3 Å². The number of hydrogen-bond donors (Lipinski definition) is 1. The van der Waals surface area contributed by atoms with E-state index in [9.17, 15) is 14.7 Å². The molecule has 7 nitrogen and oxygen atoms in total. The lowest BCUT2D eigenvalue weighted by Crippen LogP contribution is -2.28. The normalized spacial score (nSPS) is 10.8. The topological polar surface area (TPSA) is 74.4 Å². The van der Waals surface area contributed by atoms with Crippen molar-refractivity contribution in [3.05, 3.63) is 64.5 Å². The van der Waals surface area contributed by atoms with Gasteiger partial charge in [0.15, 0.2) is 5.69 Å². The number of phenols is 1. The zero-order valence-electron chi connectivity index (χ0n) is 17.8. The highest BCUT2D eigenvalue weighted by Gasteiger charge is 2.28. The van der Waals surface area contributed by atoms with E-state index >= 15 is 0 Å². The molecule has 0 atom stereocenters. The minimum absolute atomic E-state index is 0.123. The Morgan fingerprint density at radius 3 is 2.48 bits per heavy atom. The van der Waals surface area contributed by atoms with E-state index in [1.807, 2.05) is 25.1 Å². The number of rotatable bonds is 6. The number of ether oxygens (including phenoxy) is 1. The number of para-hydroxylation sites is 1. The predicted molar refractivity (Wildman–Crippen MR) is 122 cm³/mol. The van der Waals surface area contributed by atoms with Crippen molar-refractivity contribution < 1.29 is 19.4 Å². The van der Waals surface area contributed by atoms with Crippen molar-refractivity contribution in [2.45, 2.75) is 20.0 Å². The van der Waals surface area contributed by atoms with Crippen molar-refractivity contribution in [1.29, 1.82) is 0 Å². The van der Waals surface area contributed by atoms with Crippen LogP contribution in [0.25, 0.3) is 14.9 Å². The van der Waals surface area contributed by atoms with Crippen molar-refractivity contribution >= 4 is 44.0 Å². The number of nitrogens with zero attached hydrogens (tertiary/aromatic N) is 3. The molecule has 3 aromatic rings. The molecule has 0 aliphatic heterocycles. The Hall–Kier alpha value is -3.41. The molecule has 1 aromatic heterocycles. The van der Waals surface area contributed by atoms with Gasteiger partial charge in [0.25, 0.3) is 0 Å². The highest BCUT2D eigenvalue weighted by Crippen LogP contribution is 2.44. The first-order valence-electron chi connectivity index (χ1n) is 9.52. The van der Waals surface area contributed by atoms with Crippen molar-refractivity contribution in [3.63, 3.8) is 0 Å². The van der Waals surface area contributed by atoms with Gasteiger partial charge in [-0.15, -0.1) is 11.3 Å². The van der Waals surface area contributed by atoms with Gasteiger partial charge in [-0.1, -0.05) is 24.3 Å². The van der Waals surface area contributed by atoms with Gasteiger partial charge in [-0.3, -0.25) is 4.79 Å². The van der Waals surface area contributed by atoms with Crippen molar-refractivity contribution in [3.8, 4) is 5.75 Å². The summed E-state index contributed by atoms with van der Waals surface area (Å²) in [5.74, 6) is -0.708. The molecule has 0 saturated heterocycles. The number of aromatic hydroxyl groups is 1. The summed E-state index contributed by atoms with van der Waals surface area (Å²) in [6.45, 7) is 9.43. The second kappa shape index (κ2) is 9.16. The monoisotopic (exact) mass is 437 g/mol. The third-order valence-electron chi connectivity index (χ3n) is 4.85. The second-order valence-electron chi connectivity index (χ2n) is 7.30. The summed E-state index contributed by atoms with van der Waals surface area (Å²) < 4.78 is 5.74. The van der Waals surface area contributed by atoms with Crippen LogP contribution in [0.5, 0.6) is 5.75 Å². The van der Waals surface area contributed by atoms with Gasteiger partial charge < -0.3 is 19.6 Å². The largest absolute Gasteiger partial charge is 0.508 e. The lowest BCUT2D eigenvalue weighted by Gasteiger charge is -2.21. The van der Waals surface area contributed by atoms with Crippen LogP contribution in [0.1, 0.15) is 28.4 Å². The van der Waals surface area contributed by atoms with Crippen LogP contribution in [0.4, 0.5) is 10.7 Å². The number of carbonyl (C=O) groups is 2. The maximum atomic E-state index is 12.8. The molecule has 0 radical (unpaired) electrons. The van der Waals surface area contributed by atoms with Crippen molar-refractivity contribution in [1.82, 2.24) is 4.90 Å². The summed E-state index contributed by atoms with van der Waals surface area (Å²) in [7, 11) is 5.07. The van der Waals surface area contributed by atoms with Crippen LogP contribution in [0.15, 0.2) is 36.4 Å². The number of hydrogen-bond acceptors (Lipinski definition) is 6. The van der Waals surface area contributed by atoms with Crippen molar-refractivity contribution in [2.24, 2.45) is 0 Å². The number of thiophene rings is 1. The molecular formula is C23H23N3O4S. The average molecular weight is 438 g/mol. The van der Waals surface area contributed by atoms with Gasteiger partial charge in [0.05, 0.1) is 13.7 Å². The number of benzene rings is 2. The summed E-state index contributed by atoms with van der Waals surface area (Å²) in [6, 6.07) is 10.3. The van der Waals surface area contributed by atoms with E-state index in [2.05, 4.69) is 4.85 Å². The Morgan fingerprint density at radius 2 is 1.87 bits per heavy atom. The molecule has 1 N–H and O–H groups in total. The summed E-state index contributed by atoms with van der Waals surface area (Å²) in [4.78, 5) is 32.4. The van der Waals surface area contributed by atoms with Crippen LogP contribution < -0.4 is 4.90 Å². The number of esters is 1. The van der Waals surface area contributed by atoms with Gasteiger partial charge in [0.2, 0.25) is 5.91 Å². The Bertz CT molecular complexity index is 1190. The third kappa shape index (κ3) is 4.38. The third-order valence-corrected chi connectivity index (χ3v) is 6.14. The number of methoxy groups -OCH3 is 1. The zero-order valence-corrected chi connectivity index (χ0v) is 18.6. The quantitative estimate of drug-likeness (QED) is 0.452. The van der Waals surface area contributed by atoms with E-state index in [-0.39, 0.29) is 23.8 Å². The molecule has 31 heavy (non-hydrogen) atoms. The van der Waals surface area contributed by atoms with E-state index in [1.54, 1.807) is 30.3 Å². The second-order valence-corrected chi connectivity index (χ2v) is 8.30. The summed E-state index contributed by atoms with van der Waals surface area (Å²) in [5, 5.41) is 11.5. The fraction of sp³-hybridized carbons (Fsp3) is 0.261. The van der Waals surface area contributed by atoms with Crippen LogP contribution in [0.3, 0.4) is 0 Å². The average Bonchev–Trinajstić information content (AvgIpc) is 3.12. The van der Waals surface area contributed by atoms with Crippen LogP contribution in [0, 0.1) is 6.57 Å². The Balaban J connectivity index is 2.25. The van der Waals surface area contributed by atoms with E-state index in [0.717, 1.165) is 0 Å². The molecule has 0 aliphatic carbocycles. The maximum absolute atomic E-state index is 12.8. The Labute approximate surface area is 184 Å². The van der Waals surface area contributed by atoms with Crippen LogP contribution in [-0.2, 0) is 22.6 Å². The fourth-order valence-electron chi connectivity index (χ4n) is 3.40. The first-order valence-corrected chi connectivity index (χ1v) is 10.3. The maximum Gasteiger partial charge on any atom is 0.341 e. The summed E-state index contributed by atoms with van der Waals surface area (Å²) >= 11 is 1.26. The number of phenolic OH excluding ortho intramolecular Hbond substituents is 1. The molecule has 8 heteroatoms. The smallest absolute Gasteiger partial charge is 0.341 e. The van der Waals surface area contributed by atoms with E-state index in [4.69, 9.17) is 11.3 Å². The van der Waals surface area contributed by atoms with Gasteiger partial charge in [0.1, 0.15) is 16.3 Å². The van der Waals surface area contributed by atoms with E-state index in [1.165, 1.54) is 30.3 Å². The van der Waals surface area contributed by atoms with E-state index in [0.29, 0.717) is 38.4 Å². The minimum atomic E-state index is -0.563. The summed E-state index contributed by atoms with van der Waals surface area (Å²) in [5.41, 5.74) is 2.07. The van der Waals surface area contributed by atoms with Gasteiger partial charge in [0, 0.05) is 35.7 Å². The number of amides is 1. The molecule has 0 saturated carbocycles. The first kappa shape index (κ1) is 22.3. The summed E-state index contributed by atoms with van der Waals surface area (Å²) in [6.07, 6.45) is 0. The van der Waals surface area contributed by atoms with Gasteiger partial charge in [-0.05, 0) is 31.8 Å². The highest BCUT2D eigenvalue weighted by molar-refractivity contribution is 7.23. The first-order chi connectivity index (χ1) is 14.8. The molecule has 0 unspecified atom stereocenters. The fourth-order valence-corrected chi connectivity index (χ4v) is 4.77. The molecule has 160 valence electrons. The number of carbonyl (C=O) groups excluding carboxylic acids is 2. The number of fused-ring (bicyclic) bond motifs is 1. The lowest BCUT2D eigenvalue weighted by atomic mass is 10.1. The highest BCUT2D eigenvalue weighted by atomic mass is 32.1. The zero-order chi connectivity index (χ0) is 22.7. The molecule has 2 aromatic carbocycles. The van der Waals surface area contributed by atoms with Crippen LogP contribution in [-0.4, -0.2) is 43.1 Å². The van der Waals surface area contributed by atoms with Crippen molar-refractivity contribution in [2.75, 3.05) is 26.1 Å².